The molecular weight excluding hydrogens is 494 g/mol. The SMILES string of the molecule is COC(=O)C1C2=C(C(=O)N(C)C2=O)c2c(n(C(=O)OC(C)(C)C)c3ccccc23)-c2cccc([N+](=O)[O-])c21. The number of aromatic nitrogens is 1. The van der Waals surface area contributed by atoms with Gasteiger partial charge in [0.1, 0.15) is 11.5 Å². The normalized spacial score (nSPS) is 16.7. The summed E-state index contributed by atoms with van der Waals surface area (Å²) >= 11 is 0. The van der Waals surface area contributed by atoms with Gasteiger partial charge in [-0.15, -0.1) is 0 Å². The standard InChI is InChI=1S/C27H23N3O8/c1-27(2,3)38-26(34)29-15-11-7-6-9-13(15)18-19-20(24(32)28(4)23(19)31)21(25(33)37-5)17-14(22(18)29)10-8-12-16(17)30(35)36/h6-12,21H,1-5H3. The molecule has 2 aliphatic rings. The van der Waals surface area contributed by atoms with Crippen LogP contribution in [0, 0.1) is 10.1 Å². The first-order valence-electron chi connectivity index (χ1n) is 11.7. The Morgan fingerprint density at radius 2 is 1.71 bits per heavy atom. The predicted molar refractivity (Wildman–Crippen MR) is 135 cm³/mol. The number of hydrogen-bond donors (Lipinski definition) is 0. The van der Waals surface area contributed by atoms with E-state index < -0.39 is 46.0 Å². The zero-order valence-electron chi connectivity index (χ0n) is 21.2. The molecule has 2 heterocycles. The number of rotatable bonds is 2. The number of imide groups is 1. The van der Waals surface area contributed by atoms with Gasteiger partial charge in [-0.25, -0.2) is 9.36 Å². The summed E-state index contributed by atoms with van der Waals surface area (Å²) in [4.78, 5) is 66.3. The highest BCUT2D eigenvalue weighted by Crippen LogP contribution is 2.52. The van der Waals surface area contributed by atoms with Crippen molar-refractivity contribution in [2.24, 2.45) is 0 Å². The zero-order valence-corrected chi connectivity index (χ0v) is 21.2. The molecule has 1 atom stereocenters. The number of para-hydroxylation sites is 1. The average Bonchev–Trinajstić information content (AvgIpc) is 3.25. The molecule has 2 amide bonds. The van der Waals surface area contributed by atoms with Crippen molar-refractivity contribution in [3.63, 3.8) is 0 Å². The summed E-state index contributed by atoms with van der Waals surface area (Å²) in [5.74, 6) is -4.04. The van der Waals surface area contributed by atoms with Crippen molar-refractivity contribution in [2.45, 2.75) is 32.3 Å². The number of nitrogens with zero attached hydrogens (tertiary/aromatic N) is 3. The molecule has 5 rings (SSSR count). The minimum absolute atomic E-state index is 0.106. The Morgan fingerprint density at radius 3 is 2.34 bits per heavy atom. The Balaban J connectivity index is 2.05. The Bertz CT molecular complexity index is 1640. The van der Waals surface area contributed by atoms with Crippen LogP contribution < -0.4 is 0 Å². The van der Waals surface area contributed by atoms with Gasteiger partial charge < -0.3 is 9.47 Å². The summed E-state index contributed by atoms with van der Waals surface area (Å²) in [5.41, 5.74) is -1.08. The van der Waals surface area contributed by atoms with Gasteiger partial charge in [0.2, 0.25) is 0 Å². The molecule has 0 bridgehead atoms. The maximum absolute atomic E-state index is 13.7. The molecular formula is C27H23N3O8. The number of nitro groups is 1. The highest BCUT2D eigenvalue weighted by Gasteiger charge is 2.50. The van der Waals surface area contributed by atoms with Crippen LogP contribution in [-0.4, -0.2) is 58.0 Å². The van der Waals surface area contributed by atoms with Crippen LogP contribution in [0.2, 0.25) is 0 Å². The van der Waals surface area contributed by atoms with Crippen LogP contribution >= 0.6 is 0 Å². The lowest BCUT2D eigenvalue weighted by Crippen LogP contribution is -2.30. The molecule has 1 aliphatic heterocycles. The maximum atomic E-state index is 13.7. The number of methoxy groups -OCH3 is 1. The number of nitro benzene ring substituents is 1. The van der Waals surface area contributed by atoms with Crippen molar-refractivity contribution in [1.82, 2.24) is 9.47 Å². The highest BCUT2D eigenvalue weighted by molar-refractivity contribution is 6.40. The van der Waals surface area contributed by atoms with E-state index in [4.69, 9.17) is 9.47 Å². The number of benzene rings is 2. The molecule has 0 radical (unpaired) electrons. The fourth-order valence-electron chi connectivity index (χ4n) is 5.14. The smallest absolute Gasteiger partial charge is 0.419 e. The number of fused-ring (bicyclic) bond motifs is 6. The molecule has 11 heteroatoms. The van der Waals surface area contributed by atoms with E-state index in [9.17, 15) is 29.3 Å². The van der Waals surface area contributed by atoms with Crippen LogP contribution in [-0.2, 0) is 23.9 Å². The number of amides is 2. The van der Waals surface area contributed by atoms with E-state index in [1.54, 1.807) is 45.0 Å². The molecule has 2 aromatic carbocycles. The third-order valence-electron chi connectivity index (χ3n) is 6.57. The minimum atomic E-state index is -1.59. The molecule has 0 spiro atoms. The third kappa shape index (κ3) is 3.42. The minimum Gasteiger partial charge on any atom is -0.468 e. The second-order valence-electron chi connectivity index (χ2n) is 9.97. The van der Waals surface area contributed by atoms with Gasteiger partial charge in [-0.2, -0.15) is 0 Å². The second-order valence-corrected chi connectivity index (χ2v) is 9.97. The quantitative estimate of drug-likeness (QED) is 0.215. The molecule has 0 fully saturated rings. The molecule has 1 aliphatic carbocycles. The topological polar surface area (TPSA) is 138 Å². The van der Waals surface area contributed by atoms with Crippen LogP contribution in [0.4, 0.5) is 10.5 Å². The summed E-state index contributed by atoms with van der Waals surface area (Å²) < 4.78 is 11.9. The van der Waals surface area contributed by atoms with Crippen molar-refractivity contribution < 1.29 is 33.6 Å². The van der Waals surface area contributed by atoms with Crippen LogP contribution in [0.3, 0.4) is 0 Å². The Morgan fingerprint density at radius 1 is 1.03 bits per heavy atom. The van der Waals surface area contributed by atoms with Crippen molar-refractivity contribution in [3.05, 3.63) is 69.3 Å². The van der Waals surface area contributed by atoms with Gasteiger partial charge in [0, 0.05) is 35.2 Å². The fourth-order valence-corrected chi connectivity index (χ4v) is 5.14. The predicted octanol–water partition coefficient (Wildman–Crippen LogP) is 4.02. The van der Waals surface area contributed by atoms with Gasteiger partial charge in [-0.3, -0.25) is 29.4 Å². The van der Waals surface area contributed by atoms with Crippen LogP contribution in [0.25, 0.3) is 27.7 Å². The lowest BCUT2D eigenvalue weighted by atomic mass is 9.86. The van der Waals surface area contributed by atoms with E-state index >= 15 is 0 Å². The van der Waals surface area contributed by atoms with E-state index in [1.807, 2.05) is 0 Å². The van der Waals surface area contributed by atoms with Gasteiger partial charge in [0.25, 0.3) is 17.5 Å². The largest absolute Gasteiger partial charge is 0.468 e. The Kier molecular flexibility index (Phi) is 5.48. The summed E-state index contributed by atoms with van der Waals surface area (Å²) in [7, 11) is 2.36. The molecule has 0 N–H and O–H groups in total. The monoisotopic (exact) mass is 517 g/mol. The average molecular weight is 517 g/mol. The number of carbonyl (C=O) groups excluding carboxylic acids is 4. The molecule has 1 unspecified atom stereocenters. The molecule has 3 aromatic rings. The summed E-state index contributed by atoms with van der Waals surface area (Å²) in [5, 5.41) is 12.6. The highest BCUT2D eigenvalue weighted by atomic mass is 16.6. The lowest BCUT2D eigenvalue weighted by Gasteiger charge is -2.22. The molecule has 38 heavy (non-hydrogen) atoms. The summed E-state index contributed by atoms with van der Waals surface area (Å²) in [6.45, 7) is 5.07. The van der Waals surface area contributed by atoms with Gasteiger partial charge in [0.15, 0.2) is 0 Å². The van der Waals surface area contributed by atoms with Crippen molar-refractivity contribution in [1.29, 1.82) is 0 Å². The molecule has 0 saturated carbocycles. The zero-order chi connectivity index (χ0) is 27.7. The summed E-state index contributed by atoms with van der Waals surface area (Å²) in [6, 6.07) is 10.8. The first kappa shape index (κ1) is 24.9. The molecule has 11 nitrogen and oxygen atoms in total. The number of ether oxygens (including phenoxy) is 2. The first-order valence-corrected chi connectivity index (χ1v) is 11.7. The Labute approximate surface area is 216 Å². The van der Waals surface area contributed by atoms with E-state index in [-0.39, 0.29) is 33.5 Å². The Hall–Kier alpha value is -4.80. The number of esters is 1. The first-order chi connectivity index (χ1) is 17.9. The number of likely N-dealkylation sites (N-methyl/N-ethyl adjacent to an activating group) is 1. The summed E-state index contributed by atoms with van der Waals surface area (Å²) in [6.07, 6.45) is -0.795. The van der Waals surface area contributed by atoms with Gasteiger partial charge in [0.05, 0.1) is 34.4 Å². The van der Waals surface area contributed by atoms with E-state index in [0.717, 1.165) is 12.0 Å². The number of carbonyl (C=O) groups is 4. The fraction of sp³-hybridized carbons (Fsp3) is 0.259. The van der Waals surface area contributed by atoms with Crippen molar-refractivity contribution >= 4 is 46.0 Å². The van der Waals surface area contributed by atoms with Crippen LogP contribution in [0.5, 0.6) is 0 Å². The maximum Gasteiger partial charge on any atom is 0.419 e. The number of hydrogen-bond acceptors (Lipinski definition) is 8. The van der Waals surface area contributed by atoms with Gasteiger partial charge in [-0.05, 0) is 26.8 Å². The van der Waals surface area contributed by atoms with Gasteiger partial charge >= 0.3 is 12.1 Å². The van der Waals surface area contributed by atoms with Gasteiger partial charge in [-0.1, -0.05) is 30.3 Å². The molecule has 194 valence electrons. The van der Waals surface area contributed by atoms with E-state index in [0.29, 0.717) is 10.9 Å². The van der Waals surface area contributed by atoms with Crippen LogP contribution in [0.1, 0.15) is 37.8 Å². The van der Waals surface area contributed by atoms with E-state index in [1.165, 1.54) is 29.8 Å². The van der Waals surface area contributed by atoms with Crippen LogP contribution in [0.15, 0.2) is 48.0 Å². The molecule has 0 saturated heterocycles. The van der Waals surface area contributed by atoms with E-state index in [2.05, 4.69) is 0 Å². The van der Waals surface area contributed by atoms with Crippen molar-refractivity contribution in [2.75, 3.05) is 14.2 Å². The second kappa shape index (κ2) is 8.37. The molecule has 1 aromatic heterocycles. The lowest BCUT2D eigenvalue weighted by molar-refractivity contribution is -0.385. The van der Waals surface area contributed by atoms with Crippen molar-refractivity contribution in [3.8, 4) is 11.3 Å². The third-order valence-corrected chi connectivity index (χ3v) is 6.57.